The number of carbonyl (C=O) groups is 2. The third-order valence-electron chi connectivity index (χ3n) is 4.54. The van der Waals surface area contributed by atoms with E-state index in [0.29, 0.717) is 18.5 Å². The standard InChI is InChI=1S/C18H21N3O3/c1-12-6-5-7-14(10-12)21-13(2)15(11-19-21)17(22)20-9-4-3-8-16(20)18(23)24/h5-7,10-11,16H,3-4,8-9H2,1-2H3,(H,23,24)/t16-/m1/s1. The first-order chi connectivity index (χ1) is 11.5. The fourth-order valence-corrected chi connectivity index (χ4v) is 3.23. The van der Waals surface area contributed by atoms with Crippen LogP contribution in [0.4, 0.5) is 0 Å². The van der Waals surface area contributed by atoms with Gasteiger partial charge in [0.2, 0.25) is 0 Å². The summed E-state index contributed by atoms with van der Waals surface area (Å²) in [5.74, 6) is -1.19. The Morgan fingerprint density at radius 3 is 2.75 bits per heavy atom. The Morgan fingerprint density at radius 1 is 1.25 bits per heavy atom. The summed E-state index contributed by atoms with van der Waals surface area (Å²) in [6.07, 6.45) is 3.71. The van der Waals surface area contributed by atoms with Crippen molar-refractivity contribution in [3.8, 4) is 5.69 Å². The van der Waals surface area contributed by atoms with E-state index >= 15 is 0 Å². The highest BCUT2D eigenvalue weighted by atomic mass is 16.4. The number of benzene rings is 1. The van der Waals surface area contributed by atoms with Crippen molar-refractivity contribution >= 4 is 11.9 Å². The zero-order valence-electron chi connectivity index (χ0n) is 13.9. The first-order valence-electron chi connectivity index (χ1n) is 8.14. The van der Waals surface area contributed by atoms with Gasteiger partial charge in [-0.2, -0.15) is 5.10 Å². The maximum Gasteiger partial charge on any atom is 0.326 e. The summed E-state index contributed by atoms with van der Waals surface area (Å²) in [5.41, 5.74) is 3.18. The van der Waals surface area contributed by atoms with Crippen molar-refractivity contribution in [2.24, 2.45) is 0 Å². The third-order valence-corrected chi connectivity index (χ3v) is 4.54. The quantitative estimate of drug-likeness (QED) is 0.940. The Labute approximate surface area is 140 Å². The molecule has 1 aliphatic heterocycles. The molecule has 0 unspecified atom stereocenters. The lowest BCUT2D eigenvalue weighted by atomic mass is 10.0. The molecular formula is C18H21N3O3. The minimum absolute atomic E-state index is 0.251. The van der Waals surface area contributed by atoms with Gasteiger partial charge in [0, 0.05) is 6.54 Å². The summed E-state index contributed by atoms with van der Waals surface area (Å²) in [6, 6.07) is 7.13. The van der Waals surface area contributed by atoms with Gasteiger partial charge < -0.3 is 10.0 Å². The molecule has 0 bridgehead atoms. The van der Waals surface area contributed by atoms with Gasteiger partial charge >= 0.3 is 5.97 Å². The van der Waals surface area contributed by atoms with E-state index in [1.807, 2.05) is 38.1 Å². The van der Waals surface area contributed by atoms with Gasteiger partial charge in [-0.15, -0.1) is 0 Å². The summed E-state index contributed by atoms with van der Waals surface area (Å²) in [4.78, 5) is 25.8. The predicted molar refractivity (Wildman–Crippen MR) is 89.3 cm³/mol. The molecule has 1 N–H and O–H groups in total. The van der Waals surface area contributed by atoms with Gasteiger partial charge in [0.25, 0.3) is 5.91 Å². The molecule has 1 aliphatic rings. The van der Waals surface area contributed by atoms with Crippen LogP contribution in [-0.4, -0.2) is 44.3 Å². The minimum Gasteiger partial charge on any atom is -0.480 e. The number of aromatic nitrogens is 2. The van der Waals surface area contributed by atoms with Crippen LogP contribution in [0.2, 0.25) is 0 Å². The van der Waals surface area contributed by atoms with E-state index in [2.05, 4.69) is 5.10 Å². The molecule has 1 saturated heterocycles. The average molecular weight is 327 g/mol. The van der Waals surface area contributed by atoms with Crippen molar-refractivity contribution < 1.29 is 14.7 Å². The SMILES string of the molecule is Cc1cccc(-n2ncc(C(=O)N3CCCC[C@@H]3C(=O)O)c2C)c1. The van der Waals surface area contributed by atoms with Crippen LogP contribution in [0.5, 0.6) is 0 Å². The zero-order chi connectivity index (χ0) is 17.3. The van der Waals surface area contributed by atoms with Gasteiger partial charge in [-0.05, 0) is 50.8 Å². The Morgan fingerprint density at radius 2 is 2.04 bits per heavy atom. The summed E-state index contributed by atoms with van der Waals surface area (Å²) in [7, 11) is 0. The number of rotatable bonds is 3. The molecule has 24 heavy (non-hydrogen) atoms. The molecule has 126 valence electrons. The molecular weight excluding hydrogens is 306 g/mol. The molecule has 0 saturated carbocycles. The van der Waals surface area contributed by atoms with Crippen LogP contribution in [0.1, 0.15) is 40.9 Å². The number of carbonyl (C=O) groups excluding carboxylic acids is 1. The average Bonchev–Trinajstić information content (AvgIpc) is 2.95. The molecule has 1 amide bonds. The molecule has 0 radical (unpaired) electrons. The summed E-state index contributed by atoms with van der Waals surface area (Å²) in [5, 5.41) is 13.7. The molecule has 1 atom stereocenters. The molecule has 1 aromatic heterocycles. The van der Waals surface area contributed by atoms with Gasteiger partial charge in [-0.1, -0.05) is 12.1 Å². The third kappa shape index (κ3) is 2.91. The van der Waals surface area contributed by atoms with Crippen molar-refractivity contribution in [1.82, 2.24) is 14.7 Å². The minimum atomic E-state index is -0.938. The molecule has 2 heterocycles. The Hall–Kier alpha value is -2.63. The van der Waals surface area contributed by atoms with E-state index in [4.69, 9.17) is 0 Å². The van der Waals surface area contributed by atoms with E-state index in [9.17, 15) is 14.7 Å². The molecule has 0 spiro atoms. The fraction of sp³-hybridized carbons (Fsp3) is 0.389. The lowest BCUT2D eigenvalue weighted by Crippen LogP contribution is -2.48. The predicted octanol–water partition coefficient (Wildman–Crippen LogP) is 2.57. The number of piperidine rings is 1. The Bertz CT molecular complexity index is 782. The lowest BCUT2D eigenvalue weighted by Gasteiger charge is -2.32. The second kappa shape index (κ2) is 6.47. The largest absolute Gasteiger partial charge is 0.480 e. The normalized spacial score (nSPS) is 17.8. The topological polar surface area (TPSA) is 75.4 Å². The number of carboxylic acid groups (broad SMARTS) is 1. The number of likely N-dealkylation sites (tertiary alicyclic amines) is 1. The van der Waals surface area contributed by atoms with E-state index in [0.717, 1.165) is 29.8 Å². The lowest BCUT2D eigenvalue weighted by molar-refractivity contribution is -0.143. The molecule has 0 aliphatic carbocycles. The smallest absolute Gasteiger partial charge is 0.326 e. The maximum atomic E-state index is 12.9. The van der Waals surface area contributed by atoms with Crippen LogP contribution < -0.4 is 0 Å². The number of carboxylic acids is 1. The van der Waals surface area contributed by atoms with Crippen molar-refractivity contribution in [3.05, 3.63) is 47.3 Å². The van der Waals surface area contributed by atoms with E-state index in [-0.39, 0.29) is 5.91 Å². The second-order valence-electron chi connectivity index (χ2n) is 6.24. The monoisotopic (exact) mass is 327 g/mol. The van der Waals surface area contributed by atoms with Gasteiger partial charge in [0.1, 0.15) is 6.04 Å². The number of nitrogens with zero attached hydrogens (tertiary/aromatic N) is 3. The van der Waals surface area contributed by atoms with Crippen LogP contribution in [0.3, 0.4) is 0 Å². The van der Waals surface area contributed by atoms with Crippen molar-refractivity contribution in [3.63, 3.8) is 0 Å². The zero-order valence-corrected chi connectivity index (χ0v) is 13.9. The van der Waals surface area contributed by atoms with Crippen molar-refractivity contribution in [2.45, 2.75) is 39.2 Å². The van der Waals surface area contributed by atoms with Gasteiger partial charge in [-0.3, -0.25) is 4.79 Å². The number of amides is 1. The number of hydrogen-bond donors (Lipinski definition) is 1. The molecule has 6 nitrogen and oxygen atoms in total. The summed E-state index contributed by atoms with van der Waals surface area (Å²) < 4.78 is 1.72. The Balaban J connectivity index is 1.92. The maximum absolute atomic E-state index is 12.9. The van der Waals surface area contributed by atoms with Crippen LogP contribution in [0.15, 0.2) is 30.5 Å². The van der Waals surface area contributed by atoms with E-state index < -0.39 is 12.0 Å². The van der Waals surface area contributed by atoms with Gasteiger partial charge in [0.05, 0.1) is 23.1 Å². The van der Waals surface area contributed by atoms with Crippen LogP contribution in [-0.2, 0) is 4.79 Å². The van der Waals surface area contributed by atoms with E-state index in [1.54, 1.807) is 4.68 Å². The van der Waals surface area contributed by atoms with Gasteiger partial charge in [-0.25, -0.2) is 9.48 Å². The fourth-order valence-electron chi connectivity index (χ4n) is 3.23. The molecule has 2 aromatic rings. The highest BCUT2D eigenvalue weighted by Gasteiger charge is 2.33. The molecule has 6 heteroatoms. The second-order valence-corrected chi connectivity index (χ2v) is 6.24. The van der Waals surface area contributed by atoms with Gasteiger partial charge in [0.15, 0.2) is 0 Å². The number of hydrogen-bond acceptors (Lipinski definition) is 3. The molecule has 3 rings (SSSR count). The van der Waals surface area contributed by atoms with Crippen molar-refractivity contribution in [2.75, 3.05) is 6.54 Å². The van der Waals surface area contributed by atoms with E-state index in [1.165, 1.54) is 11.1 Å². The van der Waals surface area contributed by atoms with Crippen LogP contribution in [0, 0.1) is 13.8 Å². The number of aliphatic carboxylic acids is 1. The summed E-state index contributed by atoms with van der Waals surface area (Å²) in [6.45, 7) is 4.31. The first-order valence-corrected chi connectivity index (χ1v) is 8.14. The summed E-state index contributed by atoms with van der Waals surface area (Å²) >= 11 is 0. The Kier molecular flexibility index (Phi) is 4.38. The van der Waals surface area contributed by atoms with Crippen molar-refractivity contribution in [1.29, 1.82) is 0 Å². The number of aryl methyl sites for hydroxylation is 1. The molecule has 1 fully saturated rings. The highest BCUT2D eigenvalue weighted by Crippen LogP contribution is 2.22. The highest BCUT2D eigenvalue weighted by molar-refractivity contribution is 5.97. The molecule has 1 aromatic carbocycles. The van der Waals surface area contributed by atoms with Crippen LogP contribution in [0.25, 0.3) is 5.69 Å². The first kappa shape index (κ1) is 16.2. The van der Waals surface area contributed by atoms with Crippen LogP contribution >= 0.6 is 0 Å².